The van der Waals surface area contributed by atoms with E-state index in [1.54, 1.807) is 0 Å². The summed E-state index contributed by atoms with van der Waals surface area (Å²) in [6.07, 6.45) is -0.652. The van der Waals surface area contributed by atoms with Gasteiger partial charge in [-0.05, 0) is 5.56 Å². The topological polar surface area (TPSA) is 42.2 Å². The summed E-state index contributed by atoms with van der Waals surface area (Å²) in [5.41, 5.74) is 0.225. The van der Waals surface area contributed by atoms with Crippen LogP contribution in [0, 0.1) is 0 Å². The number of imidazole rings is 1. The third kappa shape index (κ3) is 2.81. The van der Waals surface area contributed by atoms with Crippen molar-refractivity contribution < 1.29 is 13.2 Å². The van der Waals surface area contributed by atoms with E-state index >= 15 is 0 Å². The van der Waals surface area contributed by atoms with Crippen molar-refractivity contribution in [3.05, 3.63) is 60.2 Å². The Morgan fingerprint density at radius 2 is 1.90 bits per heavy atom. The first-order valence-electron chi connectivity index (χ1n) is 6.23. The molecule has 0 aliphatic carbocycles. The first-order valence-corrected chi connectivity index (χ1v) is 6.23. The van der Waals surface area contributed by atoms with Crippen LogP contribution in [0.25, 0.3) is 5.65 Å². The molecular weight excluding hydrogens is 281 g/mol. The molecule has 0 atom stereocenters. The molecule has 0 saturated heterocycles. The molecule has 0 bridgehead atoms. The Morgan fingerprint density at radius 1 is 1.14 bits per heavy atom. The molecule has 7 heteroatoms. The molecule has 3 aromatic rings. The molecule has 3 rings (SSSR count). The summed E-state index contributed by atoms with van der Waals surface area (Å²) < 4.78 is 39.4. The molecule has 0 aliphatic heterocycles. The lowest BCUT2D eigenvalue weighted by Crippen LogP contribution is -2.05. The van der Waals surface area contributed by atoms with E-state index in [4.69, 9.17) is 0 Å². The Kier molecular flexibility index (Phi) is 3.25. The van der Waals surface area contributed by atoms with Crippen LogP contribution in [0.1, 0.15) is 11.3 Å². The monoisotopic (exact) mass is 292 g/mol. The molecule has 0 spiro atoms. The van der Waals surface area contributed by atoms with Crippen LogP contribution in [0.2, 0.25) is 0 Å². The van der Waals surface area contributed by atoms with Crippen LogP contribution in [0.15, 0.2) is 48.9 Å². The highest BCUT2D eigenvalue weighted by molar-refractivity contribution is 5.63. The van der Waals surface area contributed by atoms with Crippen molar-refractivity contribution in [3.8, 4) is 0 Å². The predicted molar refractivity (Wildman–Crippen MR) is 71.8 cm³/mol. The number of hydrogen-bond acceptors (Lipinski definition) is 3. The second kappa shape index (κ2) is 5.08. The van der Waals surface area contributed by atoms with Gasteiger partial charge in [-0.2, -0.15) is 13.2 Å². The number of alkyl halides is 3. The first-order chi connectivity index (χ1) is 10.0. The van der Waals surface area contributed by atoms with E-state index in [9.17, 15) is 13.2 Å². The molecule has 1 N–H and O–H groups in total. The third-order valence-corrected chi connectivity index (χ3v) is 2.97. The normalized spacial score (nSPS) is 11.8. The lowest BCUT2D eigenvalue weighted by molar-refractivity contribution is -0.140. The Bertz CT molecular complexity index is 750. The van der Waals surface area contributed by atoms with Crippen molar-refractivity contribution in [3.63, 3.8) is 0 Å². The zero-order valence-corrected chi connectivity index (χ0v) is 10.8. The average Bonchev–Trinajstić information content (AvgIpc) is 2.91. The lowest BCUT2D eigenvalue weighted by Gasteiger charge is -2.06. The number of nitrogens with zero attached hydrogens (tertiary/aromatic N) is 3. The van der Waals surface area contributed by atoms with E-state index in [0.29, 0.717) is 12.4 Å². The van der Waals surface area contributed by atoms with E-state index < -0.39 is 11.9 Å². The highest BCUT2D eigenvalue weighted by Crippen LogP contribution is 2.29. The largest absolute Gasteiger partial charge is 0.434 e. The number of hydrogen-bond donors (Lipinski definition) is 1. The van der Waals surface area contributed by atoms with Gasteiger partial charge in [0.25, 0.3) is 0 Å². The number of benzene rings is 1. The summed E-state index contributed by atoms with van der Waals surface area (Å²) in [6, 6.07) is 9.51. The van der Waals surface area contributed by atoms with Gasteiger partial charge in [0.15, 0.2) is 17.2 Å². The van der Waals surface area contributed by atoms with E-state index in [1.807, 2.05) is 30.3 Å². The molecule has 0 saturated carbocycles. The first kappa shape index (κ1) is 13.4. The summed E-state index contributed by atoms with van der Waals surface area (Å²) in [6.45, 7) is 0.460. The van der Waals surface area contributed by atoms with E-state index in [1.165, 1.54) is 16.8 Å². The van der Waals surface area contributed by atoms with Crippen molar-refractivity contribution in [2.45, 2.75) is 12.7 Å². The van der Waals surface area contributed by atoms with Gasteiger partial charge in [0, 0.05) is 25.1 Å². The maximum absolute atomic E-state index is 12.7. The molecule has 108 valence electrons. The third-order valence-electron chi connectivity index (χ3n) is 2.97. The zero-order chi connectivity index (χ0) is 14.9. The molecule has 4 nitrogen and oxygen atoms in total. The second-order valence-corrected chi connectivity index (χ2v) is 4.47. The van der Waals surface area contributed by atoms with Gasteiger partial charge in [0.05, 0.1) is 0 Å². The van der Waals surface area contributed by atoms with Crippen molar-refractivity contribution >= 4 is 11.5 Å². The van der Waals surface area contributed by atoms with Crippen LogP contribution in [0.3, 0.4) is 0 Å². The molecular formula is C14H11F3N4. The summed E-state index contributed by atoms with van der Waals surface area (Å²) in [4.78, 5) is 7.66. The van der Waals surface area contributed by atoms with Crippen molar-refractivity contribution in [1.82, 2.24) is 14.4 Å². The number of fused-ring (bicyclic) bond motifs is 1. The highest BCUT2D eigenvalue weighted by atomic mass is 19.4. The van der Waals surface area contributed by atoms with Crippen LogP contribution >= 0.6 is 0 Å². The van der Waals surface area contributed by atoms with Gasteiger partial charge in [-0.25, -0.2) is 9.97 Å². The minimum Gasteiger partial charge on any atom is -0.363 e. The number of rotatable bonds is 3. The maximum Gasteiger partial charge on any atom is 0.434 e. The van der Waals surface area contributed by atoms with Crippen LogP contribution in [0.5, 0.6) is 0 Å². The zero-order valence-electron chi connectivity index (χ0n) is 10.8. The molecule has 0 unspecified atom stereocenters. The fourth-order valence-corrected chi connectivity index (χ4v) is 1.96. The number of aromatic nitrogens is 3. The molecule has 21 heavy (non-hydrogen) atoms. The molecule has 0 radical (unpaired) electrons. The predicted octanol–water partition coefficient (Wildman–Crippen LogP) is 3.36. The van der Waals surface area contributed by atoms with Crippen LogP contribution < -0.4 is 5.32 Å². The van der Waals surface area contributed by atoms with E-state index in [-0.39, 0.29) is 5.65 Å². The van der Waals surface area contributed by atoms with Gasteiger partial charge < -0.3 is 9.72 Å². The number of nitrogens with one attached hydrogen (secondary N) is 1. The SMILES string of the molecule is FC(F)(F)c1cn2ccnc(NCc3ccccc3)c2n1. The summed E-state index contributed by atoms with van der Waals surface area (Å²) in [5.74, 6) is 0.317. The van der Waals surface area contributed by atoms with Gasteiger partial charge >= 0.3 is 6.18 Å². The standard InChI is InChI=1S/C14H11F3N4/c15-14(16,17)11-9-21-7-6-18-12(13(21)20-11)19-8-10-4-2-1-3-5-10/h1-7,9H,8H2,(H,18,19). The molecule has 0 fully saturated rings. The Hall–Kier alpha value is -2.57. The lowest BCUT2D eigenvalue weighted by atomic mass is 10.2. The van der Waals surface area contributed by atoms with Crippen LogP contribution in [-0.4, -0.2) is 14.4 Å². The smallest absolute Gasteiger partial charge is 0.363 e. The van der Waals surface area contributed by atoms with Crippen molar-refractivity contribution in [2.24, 2.45) is 0 Å². The molecule has 2 heterocycles. The second-order valence-electron chi connectivity index (χ2n) is 4.47. The fourth-order valence-electron chi connectivity index (χ4n) is 1.96. The van der Waals surface area contributed by atoms with Gasteiger partial charge in [-0.3, -0.25) is 0 Å². The quantitative estimate of drug-likeness (QED) is 0.805. The van der Waals surface area contributed by atoms with Crippen molar-refractivity contribution in [1.29, 1.82) is 0 Å². The molecule has 2 aromatic heterocycles. The van der Waals surface area contributed by atoms with Crippen LogP contribution in [-0.2, 0) is 12.7 Å². The fraction of sp³-hybridized carbons (Fsp3) is 0.143. The summed E-state index contributed by atoms with van der Waals surface area (Å²) in [7, 11) is 0. The maximum atomic E-state index is 12.7. The minimum absolute atomic E-state index is 0.153. The molecule has 0 amide bonds. The van der Waals surface area contributed by atoms with E-state index in [0.717, 1.165) is 11.8 Å². The number of halogens is 3. The molecule has 0 aliphatic rings. The van der Waals surface area contributed by atoms with Gasteiger partial charge in [0.1, 0.15) is 0 Å². The van der Waals surface area contributed by atoms with E-state index in [2.05, 4.69) is 15.3 Å². The summed E-state index contributed by atoms with van der Waals surface area (Å²) >= 11 is 0. The van der Waals surface area contributed by atoms with Crippen LogP contribution in [0.4, 0.5) is 19.0 Å². The number of anilines is 1. The van der Waals surface area contributed by atoms with Crippen molar-refractivity contribution in [2.75, 3.05) is 5.32 Å². The van der Waals surface area contributed by atoms with Gasteiger partial charge in [-0.15, -0.1) is 0 Å². The Morgan fingerprint density at radius 3 is 2.62 bits per heavy atom. The highest BCUT2D eigenvalue weighted by Gasteiger charge is 2.34. The van der Waals surface area contributed by atoms with Gasteiger partial charge in [-0.1, -0.05) is 30.3 Å². The Balaban J connectivity index is 1.90. The van der Waals surface area contributed by atoms with Gasteiger partial charge in [0.2, 0.25) is 0 Å². The minimum atomic E-state index is -4.47. The Labute approximate surface area is 118 Å². The summed E-state index contributed by atoms with van der Waals surface area (Å²) in [5, 5.41) is 3.01. The molecule has 1 aromatic carbocycles. The average molecular weight is 292 g/mol.